The second-order valence-electron chi connectivity index (χ2n) is 1.71. The predicted molar refractivity (Wildman–Crippen MR) is 45.2 cm³/mol. The summed E-state index contributed by atoms with van der Waals surface area (Å²) in [5.74, 6) is 0. The Morgan fingerprint density at radius 3 is 2.25 bits per heavy atom. The summed E-state index contributed by atoms with van der Waals surface area (Å²) < 4.78 is 20.2. The zero-order valence-electron chi connectivity index (χ0n) is 6.20. The van der Waals surface area contributed by atoms with Crippen LogP contribution in [-0.4, -0.2) is 13.8 Å². The van der Waals surface area contributed by atoms with E-state index in [4.69, 9.17) is 9.69 Å². The number of benzene rings is 1. The van der Waals surface area contributed by atoms with Crippen molar-refractivity contribution in [2.24, 2.45) is 0 Å². The molecule has 0 aliphatic heterocycles. The van der Waals surface area contributed by atoms with Crippen LogP contribution in [0.1, 0.15) is 5.56 Å². The first-order valence-electron chi connectivity index (χ1n) is 2.95. The van der Waals surface area contributed by atoms with Crippen LogP contribution >= 0.6 is 9.69 Å². The fourth-order valence-corrected chi connectivity index (χ4v) is 0.969. The fraction of sp³-hybridized carbons (Fsp3) is 0. The van der Waals surface area contributed by atoms with Crippen LogP contribution in [-0.2, 0) is 27.6 Å². The number of rotatable bonds is 1. The molecule has 0 saturated carbocycles. The SMILES string of the molecule is O=S(=O)=Cc1cc[c-]cc1.[Cl][Zn+]. The summed E-state index contributed by atoms with van der Waals surface area (Å²) in [4.78, 5) is 0. The van der Waals surface area contributed by atoms with Crippen molar-refractivity contribution in [2.75, 3.05) is 0 Å². The Balaban J connectivity index is 0.000000561. The summed E-state index contributed by atoms with van der Waals surface area (Å²) in [7, 11) is 2.66. The molecule has 0 saturated heterocycles. The second-order valence-corrected chi connectivity index (χ2v) is 2.47. The minimum atomic E-state index is -2.11. The molecule has 0 atom stereocenters. The Labute approximate surface area is 86.8 Å². The van der Waals surface area contributed by atoms with E-state index in [-0.39, 0.29) is 0 Å². The molecule has 60 valence electrons. The first-order chi connectivity index (χ1) is 5.79. The van der Waals surface area contributed by atoms with Crippen molar-refractivity contribution in [3.8, 4) is 0 Å². The van der Waals surface area contributed by atoms with Crippen LogP contribution in [0.2, 0.25) is 0 Å². The van der Waals surface area contributed by atoms with Crippen LogP contribution in [0.5, 0.6) is 0 Å². The van der Waals surface area contributed by atoms with Crippen LogP contribution in [0.15, 0.2) is 24.3 Å². The van der Waals surface area contributed by atoms with Crippen molar-refractivity contribution in [2.45, 2.75) is 0 Å². The van der Waals surface area contributed by atoms with Crippen LogP contribution in [0.3, 0.4) is 0 Å². The van der Waals surface area contributed by atoms with Gasteiger partial charge in [0.15, 0.2) is 0 Å². The van der Waals surface area contributed by atoms with Crippen LogP contribution in [0, 0.1) is 6.07 Å². The molecular weight excluding hydrogens is 249 g/mol. The van der Waals surface area contributed by atoms with Crippen molar-refractivity contribution in [1.82, 2.24) is 0 Å². The molecule has 5 heteroatoms. The van der Waals surface area contributed by atoms with Gasteiger partial charge in [-0.05, 0) is 0 Å². The average Bonchev–Trinajstić information content (AvgIpc) is 2.08. The Morgan fingerprint density at radius 1 is 1.33 bits per heavy atom. The molecule has 12 heavy (non-hydrogen) atoms. The van der Waals surface area contributed by atoms with Gasteiger partial charge in [0.05, 0.1) is 0 Å². The van der Waals surface area contributed by atoms with E-state index in [1.165, 1.54) is 0 Å². The summed E-state index contributed by atoms with van der Waals surface area (Å²) in [6.07, 6.45) is 0. The van der Waals surface area contributed by atoms with E-state index in [1.807, 2.05) is 0 Å². The standard InChI is InChI=1S/C7H5O2S.ClH.Zn/c8-10(9)6-7-4-2-1-3-5-7;;/h2-6H;1H;/q-1;;+2/p-1. The van der Waals surface area contributed by atoms with E-state index in [0.717, 1.165) is 22.7 Å². The van der Waals surface area contributed by atoms with Crippen LogP contribution < -0.4 is 0 Å². The van der Waals surface area contributed by atoms with Gasteiger partial charge < -0.3 is 0 Å². The topological polar surface area (TPSA) is 34.1 Å². The summed E-state index contributed by atoms with van der Waals surface area (Å²) in [6.45, 7) is 0. The summed E-state index contributed by atoms with van der Waals surface area (Å²) in [5.41, 5.74) is 0.673. The van der Waals surface area contributed by atoms with Gasteiger partial charge in [-0.15, -0.1) is 5.56 Å². The normalized spacial score (nSPS) is 7.92. The van der Waals surface area contributed by atoms with Crippen LogP contribution in [0.4, 0.5) is 0 Å². The summed E-state index contributed by atoms with van der Waals surface area (Å²) >= 11 is 0.847. The van der Waals surface area contributed by atoms with E-state index in [1.54, 1.807) is 24.3 Å². The molecular formula is C7H5ClO2SZn. The van der Waals surface area contributed by atoms with Crippen molar-refractivity contribution < 1.29 is 25.7 Å². The Kier molecular flexibility index (Phi) is 7.36. The number of hydrogen-bond donors (Lipinski definition) is 0. The van der Waals surface area contributed by atoms with Gasteiger partial charge in [-0.3, -0.25) is 0 Å². The Morgan fingerprint density at radius 2 is 1.83 bits per heavy atom. The van der Waals surface area contributed by atoms with E-state index in [0.29, 0.717) is 5.56 Å². The molecule has 0 heterocycles. The van der Waals surface area contributed by atoms with Gasteiger partial charge in [0, 0.05) is 5.37 Å². The Bertz CT molecular complexity index is 326. The van der Waals surface area contributed by atoms with Gasteiger partial charge in [0.2, 0.25) is 10.3 Å². The third kappa shape index (κ3) is 5.47. The molecule has 0 radical (unpaired) electrons. The molecule has 0 N–H and O–H groups in total. The molecule has 1 aromatic carbocycles. The monoisotopic (exact) mass is 252 g/mol. The molecule has 0 spiro atoms. The summed E-state index contributed by atoms with van der Waals surface area (Å²) in [6, 6.07) is 9.47. The van der Waals surface area contributed by atoms with Crippen molar-refractivity contribution in [3.05, 3.63) is 35.9 Å². The molecule has 0 amide bonds. The van der Waals surface area contributed by atoms with E-state index in [2.05, 4.69) is 6.07 Å². The summed E-state index contributed by atoms with van der Waals surface area (Å²) in [5, 5.41) is 1.15. The van der Waals surface area contributed by atoms with Gasteiger partial charge in [-0.2, -0.15) is 38.7 Å². The number of hydrogen-bond acceptors (Lipinski definition) is 2. The first kappa shape index (κ1) is 11.8. The third-order valence-corrected chi connectivity index (χ3v) is 1.44. The van der Waals surface area contributed by atoms with E-state index < -0.39 is 10.3 Å². The van der Waals surface area contributed by atoms with E-state index in [9.17, 15) is 8.42 Å². The maximum atomic E-state index is 10.1. The van der Waals surface area contributed by atoms with E-state index >= 15 is 0 Å². The molecule has 0 aliphatic rings. The predicted octanol–water partition coefficient (Wildman–Crippen LogP) is 1.20. The molecule has 0 bridgehead atoms. The molecule has 0 fully saturated rings. The molecule has 0 unspecified atom stereocenters. The zero-order valence-corrected chi connectivity index (χ0v) is 10.7. The fourth-order valence-electron chi connectivity index (χ4n) is 0.589. The molecule has 0 aliphatic carbocycles. The second kappa shape index (κ2) is 7.47. The maximum absolute atomic E-state index is 10.1. The van der Waals surface area contributed by atoms with Gasteiger partial charge in [-0.1, -0.05) is 0 Å². The van der Waals surface area contributed by atoms with Gasteiger partial charge in [0.1, 0.15) is 0 Å². The van der Waals surface area contributed by atoms with Crippen molar-refractivity contribution in [3.63, 3.8) is 0 Å². The zero-order chi connectivity index (χ0) is 9.40. The molecule has 2 nitrogen and oxygen atoms in total. The van der Waals surface area contributed by atoms with Gasteiger partial charge >= 0.3 is 27.0 Å². The van der Waals surface area contributed by atoms with Crippen LogP contribution in [0.25, 0.3) is 0 Å². The third-order valence-electron chi connectivity index (χ3n) is 0.976. The average molecular weight is 254 g/mol. The van der Waals surface area contributed by atoms with Gasteiger partial charge in [0.25, 0.3) is 0 Å². The molecule has 1 rings (SSSR count). The Hall–Kier alpha value is -0.177. The molecule has 1 aromatic rings. The van der Waals surface area contributed by atoms with Crippen molar-refractivity contribution >= 4 is 25.4 Å². The quantitative estimate of drug-likeness (QED) is 0.428. The van der Waals surface area contributed by atoms with Crippen molar-refractivity contribution in [1.29, 1.82) is 0 Å². The first-order valence-corrected chi connectivity index (χ1v) is 7.98. The van der Waals surface area contributed by atoms with Gasteiger partial charge in [-0.25, -0.2) is 0 Å². The minimum absolute atomic E-state index is 0.673. The number of halogens is 1. The molecule has 0 aromatic heterocycles.